The van der Waals surface area contributed by atoms with Crippen molar-refractivity contribution >= 4 is 60.9 Å². The van der Waals surface area contributed by atoms with Gasteiger partial charge in [-0.3, -0.25) is 15.2 Å². The summed E-state index contributed by atoms with van der Waals surface area (Å²) < 4.78 is 30.8. The van der Waals surface area contributed by atoms with E-state index in [2.05, 4.69) is 25.1 Å². The molecule has 1 amide bonds. The van der Waals surface area contributed by atoms with Gasteiger partial charge in [-0.05, 0) is 48.4 Å². The molecule has 7 N–H and O–H groups in total. The third-order valence-electron chi connectivity index (χ3n) is 5.61. The average Bonchev–Trinajstić information content (AvgIpc) is 3.36. The molecule has 1 unspecified atom stereocenters. The van der Waals surface area contributed by atoms with Crippen LogP contribution in [0.15, 0.2) is 87.8 Å². The summed E-state index contributed by atoms with van der Waals surface area (Å²) in [5, 5.41) is 14.3. The van der Waals surface area contributed by atoms with Crippen molar-refractivity contribution in [3.63, 3.8) is 0 Å². The topological polar surface area (TPSA) is 189 Å². The maximum Gasteiger partial charge on any atom is 0.277 e. The molecule has 0 saturated carbocycles. The van der Waals surface area contributed by atoms with E-state index in [1.54, 1.807) is 24.3 Å². The van der Waals surface area contributed by atoms with Crippen LogP contribution in [0.3, 0.4) is 0 Å². The lowest BCUT2D eigenvalue weighted by Gasteiger charge is -2.18. The minimum absolute atomic E-state index is 0.0562. The Morgan fingerprint density at radius 3 is 2.62 bits per heavy atom. The molecule has 1 aromatic heterocycles. The number of aromatic nitrogens is 1. The van der Waals surface area contributed by atoms with Crippen molar-refractivity contribution in [1.29, 1.82) is 5.41 Å². The molecule has 0 spiro atoms. The maximum atomic E-state index is 13.6. The van der Waals surface area contributed by atoms with Crippen molar-refractivity contribution in [3.8, 4) is 0 Å². The summed E-state index contributed by atoms with van der Waals surface area (Å²) in [6.07, 6.45) is 1.46. The van der Waals surface area contributed by atoms with Gasteiger partial charge in [0.15, 0.2) is 5.71 Å². The Balaban J connectivity index is 1.66. The Morgan fingerprint density at radius 2 is 1.90 bits per heavy atom. The Kier molecular flexibility index (Phi) is 8.44. The number of amides is 1. The van der Waals surface area contributed by atoms with Crippen LogP contribution in [0.1, 0.15) is 22.2 Å². The van der Waals surface area contributed by atoms with Crippen LogP contribution in [0.5, 0.6) is 0 Å². The number of carbonyl (C=O) groups excluding carboxylic acids is 1. The van der Waals surface area contributed by atoms with Gasteiger partial charge in [-0.1, -0.05) is 36.4 Å². The number of hydrazone groups is 1. The van der Waals surface area contributed by atoms with E-state index in [0.717, 1.165) is 15.8 Å². The zero-order valence-corrected chi connectivity index (χ0v) is 22.5. The zero-order chi connectivity index (χ0) is 28.0. The molecular formula is C26H26N8O3S2. The molecule has 4 rings (SSSR count). The molecule has 1 atom stereocenters. The van der Waals surface area contributed by atoms with Gasteiger partial charge in [0.05, 0.1) is 27.4 Å². The van der Waals surface area contributed by atoms with E-state index in [9.17, 15) is 13.2 Å². The molecule has 0 aliphatic rings. The number of anilines is 1. The number of nitrogen functional groups attached to an aromatic ring is 1. The Labute approximate surface area is 229 Å². The van der Waals surface area contributed by atoms with Crippen LogP contribution in [0, 0.1) is 5.41 Å². The van der Waals surface area contributed by atoms with Gasteiger partial charge in [0.2, 0.25) is 10.0 Å². The van der Waals surface area contributed by atoms with E-state index in [1.807, 2.05) is 30.3 Å². The molecule has 0 bridgehead atoms. The molecule has 0 radical (unpaired) electrons. The van der Waals surface area contributed by atoms with E-state index in [0.29, 0.717) is 10.6 Å². The summed E-state index contributed by atoms with van der Waals surface area (Å²) >= 11 is 1.39. The summed E-state index contributed by atoms with van der Waals surface area (Å²) in [7, 11) is -2.60. The van der Waals surface area contributed by atoms with Crippen molar-refractivity contribution in [3.05, 3.63) is 88.9 Å². The van der Waals surface area contributed by atoms with Gasteiger partial charge >= 0.3 is 0 Å². The highest BCUT2D eigenvalue weighted by molar-refractivity contribution is 7.89. The van der Waals surface area contributed by atoms with E-state index in [4.69, 9.17) is 17.0 Å². The molecule has 1 heterocycles. The summed E-state index contributed by atoms with van der Waals surface area (Å²) in [5.74, 6) is 4.53. The highest BCUT2D eigenvalue weighted by atomic mass is 32.2. The summed E-state index contributed by atoms with van der Waals surface area (Å²) in [6.45, 7) is 0. The Bertz CT molecular complexity index is 1660. The molecule has 0 saturated heterocycles. The van der Waals surface area contributed by atoms with Gasteiger partial charge in [-0.15, -0.1) is 11.3 Å². The summed E-state index contributed by atoms with van der Waals surface area (Å²) in [5.41, 5.74) is 7.85. The first kappa shape index (κ1) is 27.6. The molecule has 0 aliphatic heterocycles. The van der Waals surface area contributed by atoms with Crippen molar-refractivity contribution < 1.29 is 13.2 Å². The van der Waals surface area contributed by atoms with Gasteiger partial charge in [0.1, 0.15) is 10.8 Å². The number of thiazole rings is 1. The third kappa shape index (κ3) is 6.71. The first-order chi connectivity index (χ1) is 18.7. The highest BCUT2D eigenvalue weighted by Gasteiger charge is 2.25. The molecular weight excluding hydrogens is 536 g/mol. The SMILES string of the molecule is CN=CC(=NN)C(=O)Nc1cccc(S(=O)(=O)NC(Cc2cccc(C(=N)N)c2)c2nc3ccccc3s2)c1. The second-order valence-corrected chi connectivity index (χ2v) is 11.2. The first-order valence-corrected chi connectivity index (χ1v) is 13.9. The molecule has 3 aromatic carbocycles. The normalized spacial score (nSPS) is 13.0. The van der Waals surface area contributed by atoms with Gasteiger partial charge in [-0.25, -0.2) is 18.1 Å². The Hall–Kier alpha value is -4.46. The molecule has 200 valence electrons. The van der Waals surface area contributed by atoms with Gasteiger partial charge in [0, 0.05) is 18.3 Å². The van der Waals surface area contributed by atoms with Crippen molar-refractivity contribution in [2.75, 3.05) is 12.4 Å². The van der Waals surface area contributed by atoms with Crippen LogP contribution in [-0.4, -0.2) is 44.1 Å². The van der Waals surface area contributed by atoms with Crippen LogP contribution in [-0.2, 0) is 21.2 Å². The number of carbonyl (C=O) groups is 1. The predicted octanol–water partition coefficient (Wildman–Crippen LogP) is 2.80. The van der Waals surface area contributed by atoms with E-state index < -0.39 is 22.0 Å². The number of sulfonamides is 1. The third-order valence-corrected chi connectivity index (χ3v) is 8.23. The maximum absolute atomic E-state index is 13.6. The molecule has 13 heteroatoms. The van der Waals surface area contributed by atoms with E-state index in [-0.39, 0.29) is 28.6 Å². The lowest BCUT2D eigenvalue weighted by molar-refractivity contribution is -0.110. The van der Waals surface area contributed by atoms with Crippen LogP contribution in [0.25, 0.3) is 10.2 Å². The average molecular weight is 563 g/mol. The predicted molar refractivity (Wildman–Crippen MR) is 155 cm³/mol. The lowest BCUT2D eigenvalue weighted by atomic mass is 10.0. The number of fused-ring (bicyclic) bond motifs is 1. The number of benzene rings is 3. The summed E-state index contributed by atoms with van der Waals surface area (Å²) in [6, 6.07) is 19.7. The minimum Gasteiger partial charge on any atom is -0.384 e. The summed E-state index contributed by atoms with van der Waals surface area (Å²) in [4.78, 5) is 20.8. The van der Waals surface area contributed by atoms with Gasteiger partial charge in [-0.2, -0.15) is 5.10 Å². The number of nitrogens with one attached hydrogen (secondary N) is 3. The number of hydrogen-bond donors (Lipinski definition) is 5. The van der Waals surface area contributed by atoms with Crippen LogP contribution in [0.4, 0.5) is 5.69 Å². The van der Waals surface area contributed by atoms with Crippen LogP contribution in [0.2, 0.25) is 0 Å². The monoisotopic (exact) mass is 562 g/mol. The number of nitrogens with zero attached hydrogens (tertiary/aromatic N) is 3. The standard InChI is InChI=1S/C26H26N8O3S2/c1-30-15-22(33-29)25(35)31-18-8-5-9-19(14-18)39(36,37)34-21(13-16-6-4-7-17(12-16)24(27)28)26-32-20-10-2-3-11-23(20)38-26/h2-12,14-15,21,34H,13,29H2,1H3,(H3,27,28)(H,31,35). The first-order valence-electron chi connectivity index (χ1n) is 11.6. The molecule has 11 nitrogen and oxygen atoms in total. The fourth-order valence-corrected chi connectivity index (χ4v) is 6.12. The number of rotatable bonds is 10. The van der Waals surface area contributed by atoms with Crippen molar-refractivity contribution in [2.45, 2.75) is 17.4 Å². The number of aliphatic imine (C=N–C) groups is 1. The zero-order valence-electron chi connectivity index (χ0n) is 20.8. The van der Waals surface area contributed by atoms with Crippen LogP contribution < -0.4 is 21.6 Å². The second kappa shape index (κ2) is 11.9. The molecule has 39 heavy (non-hydrogen) atoms. The van der Waals surface area contributed by atoms with Crippen molar-refractivity contribution in [1.82, 2.24) is 9.71 Å². The number of amidine groups is 1. The number of hydrogen-bond acceptors (Lipinski definition) is 9. The van der Waals surface area contributed by atoms with E-state index >= 15 is 0 Å². The van der Waals surface area contributed by atoms with Crippen molar-refractivity contribution in [2.24, 2.45) is 21.7 Å². The fourth-order valence-electron chi connectivity index (χ4n) is 3.78. The number of para-hydroxylation sites is 1. The molecule has 0 fully saturated rings. The minimum atomic E-state index is -4.07. The smallest absolute Gasteiger partial charge is 0.277 e. The second-order valence-electron chi connectivity index (χ2n) is 8.40. The van der Waals surface area contributed by atoms with Crippen LogP contribution >= 0.6 is 11.3 Å². The molecule has 4 aromatic rings. The largest absolute Gasteiger partial charge is 0.384 e. The fraction of sp³-hybridized carbons (Fsp3) is 0.115. The van der Waals surface area contributed by atoms with E-state index in [1.165, 1.54) is 42.8 Å². The number of nitrogens with two attached hydrogens (primary N) is 2. The van der Waals surface area contributed by atoms with Gasteiger partial charge in [0.25, 0.3) is 5.91 Å². The quantitative estimate of drug-likeness (QED) is 0.0855. The Morgan fingerprint density at radius 1 is 1.13 bits per heavy atom. The van der Waals surface area contributed by atoms with Gasteiger partial charge < -0.3 is 16.9 Å². The lowest BCUT2D eigenvalue weighted by Crippen LogP contribution is -2.30. The highest BCUT2D eigenvalue weighted by Crippen LogP contribution is 2.30. The molecule has 0 aliphatic carbocycles.